The minimum absolute atomic E-state index is 0.811. The van der Waals surface area contributed by atoms with E-state index in [1.807, 2.05) is 0 Å². The number of hydrogen-bond acceptors (Lipinski definition) is 0. The van der Waals surface area contributed by atoms with Crippen LogP contribution in [0.1, 0.15) is 94.4 Å². The van der Waals surface area contributed by atoms with E-state index < -0.39 is 0 Å². The standard InChI is InChI=1S/C21H44/c1-10-13-17(8)19(11-2)14-18(9)21(16(6)7)20(12-3)15(4)5/h15-21H,10-14H2,1-9H3. The molecule has 0 bridgehead atoms. The summed E-state index contributed by atoms with van der Waals surface area (Å²) in [5.74, 6) is 6.09. The van der Waals surface area contributed by atoms with E-state index in [0.717, 1.165) is 41.4 Å². The molecule has 0 heteroatoms. The van der Waals surface area contributed by atoms with Crippen LogP contribution in [0.2, 0.25) is 0 Å². The Kier molecular flexibility index (Phi) is 10.7. The summed E-state index contributed by atoms with van der Waals surface area (Å²) in [5, 5.41) is 0. The van der Waals surface area contributed by atoms with E-state index in [1.165, 1.54) is 32.1 Å². The first-order valence-electron chi connectivity index (χ1n) is 9.79. The van der Waals surface area contributed by atoms with E-state index in [-0.39, 0.29) is 0 Å². The SMILES string of the molecule is CCCC(C)C(CC)CC(C)C(C(C)C)C(CC)C(C)C. The Hall–Kier alpha value is 0. The van der Waals surface area contributed by atoms with Crippen molar-refractivity contribution in [2.75, 3.05) is 0 Å². The van der Waals surface area contributed by atoms with Crippen LogP contribution in [0, 0.1) is 41.4 Å². The summed E-state index contributed by atoms with van der Waals surface area (Å²) in [6.07, 6.45) is 6.87. The van der Waals surface area contributed by atoms with Gasteiger partial charge in [-0.1, -0.05) is 88.0 Å². The first-order chi connectivity index (χ1) is 9.79. The van der Waals surface area contributed by atoms with Crippen LogP contribution in [0.15, 0.2) is 0 Å². The van der Waals surface area contributed by atoms with Crippen molar-refractivity contribution in [3.63, 3.8) is 0 Å². The molecule has 0 nitrogen and oxygen atoms in total. The maximum atomic E-state index is 2.54. The van der Waals surface area contributed by atoms with Crippen LogP contribution in [-0.4, -0.2) is 0 Å². The molecule has 0 N–H and O–H groups in total. The third-order valence-electron chi connectivity index (χ3n) is 6.00. The van der Waals surface area contributed by atoms with Crippen molar-refractivity contribution in [2.45, 2.75) is 94.4 Å². The summed E-state index contributed by atoms with van der Waals surface area (Å²) in [6, 6.07) is 0. The molecule has 0 aromatic rings. The zero-order chi connectivity index (χ0) is 16.6. The van der Waals surface area contributed by atoms with Gasteiger partial charge < -0.3 is 0 Å². The lowest BCUT2D eigenvalue weighted by atomic mass is 9.66. The summed E-state index contributed by atoms with van der Waals surface area (Å²) in [6.45, 7) is 21.9. The van der Waals surface area contributed by atoms with E-state index in [2.05, 4.69) is 62.3 Å². The third kappa shape index (κ3) is 6.74. The molecule has 21 heavy (non-hydrogen) atoms. The lowest BCUT2D eigenvalue weighted by Gasteiger charge is -2.39. The van der Waals surface area contributed by atoms with Crippen LogP contribution in [0.4, 0.5) is 0 Å². The van der Waals surface area contributed by atoms with Crippen molar-refractivity contribution in [2.24, 2.45) is 41.4 Å². The molecule has 0 aliphatic heterocycles. The molecule has 0 saturated carbocycles. The Labute approximate surface area is 136 Å². The van der Waals surface area contributed by atoms with Gasteiger partial charge in [0.15, 0.2) is 0 Å². The second-order valence-corrected chi connectivity index (χ2v) is 8.28. The van der Waals surface area contributed by atoms with Gasteiger partial charge in [-0.2, -0.15) is 0 Å². The minimum Gasteiger partial charge on any atom is -0.0654 e. The molecule has 0 saturated heterocycles. The van der Waals surface area contributed by atoms with Crippen molar-refractivity contribution < 1.29 is 0 Å². The normalized spacial score (nSPS) is 19.6. The molecule has 128 valence electrons. The average molecular weight is 297 g/mol. The Morgan fingerprint density at radius 1 is 0.667 bits per heavy atom. The Bertz CT molecular complexity index is 240. The smallest absolute Gasteiger partial charge is 0.0334 e. The third-order valence-corrected chi connectivity index (χ3v) is 6.00. The van der Waals surface area contributed by atoms with E-state index in [4.69, 9.17) is 0 Å². The van der Waals surface area contributed by atoms with Crippen LogP contribution in [0.5, 0.6) is 0 Å². The van der Waals surface area contributed by atoms with Crippen molar-refractivity contribution >= 4 is 0 Å². The van der Waals surface area contributed by atoms with E-state index in [0.29, 0.717) is 0 Å². The molecule has 5 atom stereocenters. The maximum Gasteiger partial charge on any atom is -0.0334 e. The molecule has 0 fully saturated rings. The molecule has 0 amide bonds. The van der Waals surface area contributed by atoms with Gasteiger partial charge >= 0.3 is 0 Å². The second-order valence-electron chi connectivity index (χ2n) is 8.28. The van der Waals surface area contributed by atoms with Gasteiger partial charge in [-0.25, -0.2) is 0 Å². The van der Waals surface area contributed by atoms with E-state index in [1.54, 1.807) is 0 Å². The van der Waals surface area contributed by atoms with Crippen molar-refractivity contribution in [3.8, 4) is 0 Å². The zero-order valence-electron chi connectivity index (χ0n) is 16.6. The molecule has 0 heterocycles. The summed E-state index contributed by atoms with van der Waals surface area (Å²) >= 11 is 0. The Balaban J connectivity index is 4.91. The fourth-order valence-corrected chi connectivity index (χ4v) is 4.89. The molecular formula is C21H44. The molecule has 5 unspecified atom stereocenters. The van der Waals surface area contributed by atoms with Crippen LogP contribution in [0.25, 0.3) is 0 Å². The minimum atomic E-state index is 0.811. The van der Waals surface area contributed by atoms with Gasteiger partial charge in [-0.15, -0.1) is 0 Å². The predicted octanol–water partition coefficient (Wildman–Crippen LogP) is 7.43. The monoisotopic (exact) mass is 296 g/mol. The van der Waals surface area contributed by atoms with Gasteiger partial charge in [-0.05, 0) is 47.8 Å². The van der Waals surface area contributed by atoms with E-state index >= 15 is 0 Å². The highest BCUT2D eigenvalue weighted by Gasteiger charge is 2.32. The van der Waals surface area contributed by atoms with Crippen LogP contribution >= 0.6 is 0 Å². The molecule has 0 aromatic carbocycles. The molecule has 0 aromatic heterocycles. The maximum absolute atomic E-state index is 2.54. The van der Waals surface area contributed by atoms with Crippen molar-refractivity contribution in [3.05, 3.63) is 0 Å². The summed E-state index contributed by atoms with van der Waals surface area (Å²) in [7, 11) is 0. The molecule has 0 aliphatic carbocycles. The Morgan fingerprint density at radius 2 is 1.24 bits per heavy atom. The highest BCUT2D eigenvalue weighted by Crippen LogP contribution is 2.40. The quantitative estimate of drug-likeness (QED) is 0.372. The van der Waals surface area contributed by atoms with Gasteiger partial charge in [0.25, 0.3) is 0 Å². The average Bonchev–Trinajstić information content (AvgIpc) is 2.40. The molecular weight excluding hydrogens is 252 g/mol. The van der Waals surface area contributed by atoms with Gasteiger partial charge in [0, 0.05) is 0 Å². The second kappa shape index (κ2) is 10.7. The van der Waals surface area contributed by atoms with Crippen molar-refractivity contribution in [1.82, 2.24) is 0 Å². The zero-order valence-corrected chi connectivity index (χ0v) is 16.6. The van der Waals surface area contributed by atoms with Crippen LogP contribution in [0.3, 0.4) is 0 Å². The lowest BCUT2D eigenvalue weighted by molar-refractivity contribution is 0.103. The van der Waals surface area contributed by atoms with Gasteiger partial charge in [-0.3, -0.25) is 0 Å². The Morgan fingerprint density at radius 3 is 1.57 bits per heavy atom. The lowest BCUT2D eigenvalue weighted by Crippen LogP contribution is -2.31. The van der Waals surface area contributed by atoms with Crippen LogP contribution < -0.4 is 0 Å². The van der Waals surface area contributed by atoms with E-state index in [9.17, 15) is 0 Å². The largest absolute Gasteiger partial charge is 0.0654 e. The van der Waals surface area contributed by atoms with Gasteiger partial charge in [0.05, 0.1) is 0 Å². The molecule has 0 aliphatic rings. The van der Waals surface area contributed by atoms with Crippen molar-refractivity contribution in [1.29, 1.82) is 0 Å². The number of hydrogen-bond donors (Lipinski definition) is 0. The van der Waals surface area contributed by atoms with Gasteiger partial charge in [0.1, 0.15) is 0 Å². The summed E-state index contributed by atoms with van der Waals surface area (Å²) in [5.41, 5.74) is 0. The first kappa shape index (κ1) is 21.0. The fourth-order valence-electron chi connectivity index (χ4n) is 4.89. The molecule has 0 radical (unpaired) electrons. The van der Waals surface area contributed by atoms with Gasteiger partial charge in [0.2, 0.25) is 0 Å². The highest BCUT2D eigenvalue weighted by atomic mass is 14.4. The summed E-state index contributed by atoms with van der Waals surface area (Å²) < 4.78 is 0. The highest BCUT2D eigenvalue weighted by molar-refractivity contribution is 4.81. The molecule has 0 spiro atoms. The first-order valence-corrected chi connectivity index (χ1v) is 9.79. The molecule has 0 rings (SSSR count). The van der Waals surface area contributed by atoms with Crippen LogP contribution in [-0.2, 0) is 0 Å². The topological polar surface area (TPSA) is 0 Å². The fraction of sp³-hybridized carbons (Fsp3) is 1.00. The predicted molar refractivity (Wildman–Crippen MR) is 98.6 cm³/mol. The number of rotatable bonds is 11. The summed E-state index contributed by atoms with van der Waals surface area (Å²) in [4.78, 5) is 0.